The summed E-state index contributed by atoms with van der Waals surface area (Å²) in [5, 5.41) is 10.4. The van der Waals surface area contributed by atoms with Crippen LogP contribution in [-0.4, -0.2) is 52.0 Å². The molecule has 0 aliphatic carbocycles. The van der Waals surface area contributed by atoms with E-state index in [0.29, 0.717) is 48.9 Å². The Labute approximate surface area is 248 Å². The van der Waals surface area contributed by atoms with Crippen LogP contribution in [0.1, 0.15) is 30.5 Å². The Balaban J connectivity index is 1.34. The highest BCUT2D eigenvalue weighted by molar-refractivity contribution is 8.76. The highest BCUT2D eigenvalue weighted by Gasteiger charge is 2.15. The molecule has 4 rings (SSSR count). The first-order valence-electron chi connectivity index (χ1n) is 13.4. The maximum absolute atomic E-state index is 11.8. The van der Waals surface area contributed by atoms with E-state index in [4.69, 9.17) is 9.47 Å². The third kappa shape index (κ3) is 10.0. The zero-order valence-electron chi connectivity index (χ0n) is 23.2. The molecule has 0 aliphatic heterocycles. The van der Waals surface area contributed by atoms with Crippen molar-refractivity contribution in [3.05, 3.63) is 96.2 Å². The van der Waals surface area contributed by atoms with Crippen molar-refractivity contribution in [1.82, 2.24) is 9.88 Å². The number of aromatic nitrogens is 1. The molecule has 4 aromatic rings. The molecule has 214 valence electrons. The lowest BCUT2D eigenvalue weighted by Crippen LogP contribution is -2.21. The molecule has 9 heteroatoms. The monoisotopic (exact) mass is 590 g/mol. The van der Waals surface area contributed by atoms with Gasteiger partial charge in [0.15, 0.2) is 0 Å². The molecule has 0 spiro atoms. The summed E-state index contributed by atoms with van der Waals surface area (Å²) in [4.78, 5) is 29.3. The summed E-state index contributed by atoms with van der Waals surface area (Å²) in [6.45, 7) is 0.348. The van der Waals surface area contributed by atoms with Crippen LogP contribution < -0.4 is 9.47 Å². The maximum Gasteiger partial charge on any atom is 0.303 e. The molecule has 0 fully saturated rings. The number of benzene rings is 3. The van der Waals surface area contributed by atoms with Crippen LogP contribution in [0.25, 0.3) is 10.9 Å². The molecule has 0 aliphatic rings. The number of pyridine rings is 1. The van der Waals surface area contributed by atoms with Crippen LogP contribution in [0.4, 0.5) is 0 Å². The van der Waals surface area contributed by atoms with Crippen molar-refractivity contribution < 1.29 is 24.2 Å². The van der Waals surface area contributed by atoms with Gasteiger partial charge >= 0.3 is 5.97 Å². The van der Waals surface area contributed by atoms with Crippen LogP contribution in [0, 0.1) is 0 Å². The Hall–Kier alpha value is -3.69. The molecule has 1 heterocycles. The normalized spacial score (nSPS) is 11.7. The fourth-order valence-electron chi connectivity index (χ4n) is 4.07. The van der Waals surface area contributed by atoms with Crippen LogP contribution in [0.3, 0.4) is 0 Å². The highest BCUT2D eigenvalue weighted by atomic mass is 33.1. The topological polar surface area (TPSA) is 89.0 Å². The number of amides is 1. The molecule has 1 atom stereocenters. The van der Waals surface area contributed by atoms with Crippen molar-refractivity contribution in [2.24, 2.45) is 0 Å². The molecule has 0 radical (unpaired) electrons. The van der Waals surface area contributed by atoms with E-state index in [1.165, 1.54) is 0 Å². The number of hydrogen-bond acceptors (Lipinski definition) is 7. The quantitative estimate of drug-likeness (QED) is 0.114. The van der Waals surface area contributed by atoms with Gasteiger partial charge in [0, 0.05) is 49.4 Å². The number of rotatable bonds is 15. The van der Waals surface area contributed by atoms with Crippen LogP contribution in [0.15, 0.2) is 84.9 Å². The molecule has 7 nitrogen and oxygen atoms in total. The van der Waals surface area contributed by atoms with Crippen LogP contribution in [0.5, 0.6) is 17.2 Å². The molecule has 1 unspecified atom stereocenters. The van der Waals surface area contributed by atoms with E-state index in [1.54, 1.807) is 40.6 Å². The number of carboxylic acids is 1. The van der Waals surface area contributed by atoms with Gasteiger partial charge in [0.2, 0.25) is 5.91 Å². The van der Waals surface area contributed by atoms with Gasteiger partial charge in [0.25, 0.3) is 0 Å². The summed E-state index contributed by atoms with van der Waals surface area (Å²) >= 11 is 0. The van der Waals surface area contributed by atoms with Gasteiger partial charge in [0.1, 0.15) is 23.9 Å². The van der Waals surface area contributed by atoms with Gasteiger partial charge in [-0.2, -0.15) is 0 Å². The fourth-order valence-corrected chi connectivity index (χ4v) is 6.70. The molecule has 3 aromatic carbocycles. The molecule has 0 bridgehead atoms. The Bertz CT molecular complexity index is 1460. The lowest BCUT2D eigenvalue weighted by molar-refractivity contribution is -0.137. The van der Waals surface area contributed by atoms with E-state index in [-0.39, 0.29) is 17.6 Å². The van der Waals surface area contributed by atoms with E-state index >= 15 is 0 Å². The number of carbonyl (C=O) groups is 2. The average molecular weight is 591 g/mol. The number of carbonyl (C=O) groups excluding carboxylic acids is 1. The molecule has 0 saturated carbocycles. The number of carboxylic acid groups (broad SMARTS) is 1. The molecule has 1 N–H and O–H groups in total. The number of nitrogens with zero attached hydrogens (tertiary/aromatic N) is 2. The lowest BCUT2D eigenvalue weighted by atomic mass is 10.1. The Morgan fingerprint density at radius 1 is 0.902 bits per heavy atom. The van der Waals surface area contributed by atoms with Crippen LogP contribution in [-0.2, 0) is 22.6 Å². The van der Waals surface area contributed by atoms with E-state index in [2.05, 4.69) is 4.98 Å². The second-order valence-corrected chi connectivity index (χ2v) is 12.5. The zero-order chi connectivity index (χ0) is 29.0. The predicted molar refractivity (Wildman–Crippen MR) is 167 cm³/mol. The van der Waals surface area contributed by atoms with Crippen molar-refractivity contribution in [2.45, 2.75) is 37.5 Å². The summed E-state index contributed by atoms with van der Waals surface area (Å²) in [6.07, 6.45) is 1.81. The van der Waals surface area contributed by atoms with E-state index in [9.17, 15) is 14.7 Å². The summed E-state index contributed by atoms with van der Waals surface area (Å²) in [5.74, 6) is 2.00. The van der Waals surface area contributed by atoms with Gasteiger partial charge in [-0.15, -0.1) is 0 Å². The minimum Gasteiger partial charge on any atom is -0.487 e. The highest BCUT2D eigenvalue weighted by Crippen LogP contribution is 2.34. The van der Waals surface area contributed by atoms with Crippen LogP contribution in [0.2, 0.25) is 0 Å². The third-order valence-electron chi connectivity index (χ3n) is 6.23. The van der Waals surface area contributed by atoms with Crippen molar-refractivity contribution in [1.29, 1.82) is 0 Å². The fraction of sp³-hybridized carbons (Fsp3) is 0.281. The lowest BCUT2D eigenvalue weighted by Gasteiger charge is -2.16. The van der Waals surface area contributed by atoms with Gasteiger partial charge in [-0.3, -0.25) is 9.59 Å². The van der Waals surface area contributed by atoms with E-state index in [0.717, 1.165) is 22.2 Å². The Kier molecular flexibility index (Phi) is 11.3. The standard InChI is InChI=1S/C32H34N2O5S2/c1-34(2)31(35)17-18-40-41-29(15-16-32(36)37)20-23-7-5-10-27(19-23)39-28-11-6-9-26(21-28)38-22-25-14-13-24-8-3-4-12-30(24)33-25/h3-14,19,21,29H,15-18,20,22H2,1-2H3,(H,36,37). The van der Waals surface area contributed by atoms with Gasteiger partial charge in [-0.25, -0.2) is 4.98 Å². The van der Waals surface area contributed by atoms with Gasteiger partial charge in [-0.1, -0.05) is 64.1 Å². The van der Waals surface area contributed by atoms with E-state index in [1.807, 2.05) is 84.9 Å². The first-order chi connectivity index (χ1) is 19.9. The number of fused-ring (bicyclic) bond motifs is 1. The molecular formula is C32H34N2O5S2. The first-order valence-corrected chi connectivity index (χ1v) is 15.8. The first kappa shape index (κ1) is 30.3. The summed E-state index contributed by atoms with van der Waals surface area (Å²) < 4.78 is 12.1. The largest absolute Gasteiger partial charge is 0.487 e. The van der Waals surface area contributed by atoms with Crippen molar-refractivity contribution >= 4 is 44.4 Å². The van der Waals surface area contributed by atoms with Gasteiger partial charge in [-0.05, 0) is 54.8 Å². The SMILES string of the molecule is CN(C)C(=O)CCSSC(CCC(=O)O)Cc1cccc(Oc2cccc(OCc3ccc4ccccc4n3)c2)c1. The summed E-state index contributed by atoms with van der Waals surface area (Å²) in [7, 11) is 6.76. The van der Waals surface area contributed by atoms with Crippen molar-refractivity contribution in [2.75, 3.05) is 19.8 Å². The number of aliphatic carboxylic acids is 1. The number of para-hydroxylation sites is 1. The second-order valence-electron chi connectivity index (χ2n) is 9.72. The zero-order valence-corrected chi connectivity index (χ0v) is 24.8. The van der Waals surface area contributed by atoms with Crippen molar-refractivity contribution in [3.63, 3.8) is 0 Å². The van der Waals surface area contributed by atoms with Crippen molar-refractivity contribution in [3.8, 4) is 17.2 Å². The maximum atomic E-state index is 11.8. The second kappa shape index (κ2) is 15.3. The minimum atomic E-state index is -0.807. The Morgan fingerprint density at radius 2 is 1.66 bits per heavy atom. The van der Waals surface area contributed by atoms with Gasteiger partial charge in [0.05, 0.1) is 11.2 Å². The Morgan fingerprint density at radius 3 is 2.46 bits per heavy atom. The summed E-state index contributed by atoms with van der Waals surface area (Å²) in [6, 6.07) is 27.4. The minimum absolute atomic E-state index is 0.0878. The van der Waals surface area contributed by atoms with Gasteiger partial charge < -0.3 is 19.5 Å². The average Bonchev–Trinajstić information content (AvgIpc) is 2.97. The third-order valence-corrected chi connectivity index (χ3v) is 9.13. The molecule has 1 aromatic heterocycles. The number of hydrogen-bond donors (Lipinski definition) is 1. The predicted octanol–water partition coefficient (Wildman–Crippen LogP) is 7.24. The molecule has 0 saturated heterocycles. The van der Waals surface area contributed by atoms with Crippen LogP contribution >= 0.6 is 21.6 Å². The number of ether oxygens (including phenoxy) is 2. The summed E-state index contributed by atoms with van der Waals surface area (Å²) in [5.41, 5.74) is 2.85. The molecule has 1 amide bonds. The molecular weight excluding hydrogens is 556 g/mol. The van der Waals surface area contributed by atoms with E-state index < -0.39 is 5.97 Å². The molecule has 41 heavy (non-hydrogen) atoms. The smallest absolute Gasteiger partial charge is 0.303 e.